The first kappa shape index (κ1) is 18.4. The van der Waals surface area contributed by atoms with E-state index in [-0.39, 0.29) is 24.4 Å². The lowest BCUT2D eigenvalue weighted by atomic mass is 9.95. The van der Waals surface area contributed by atoms with Crippen molar-refractivity contribution in [2.75, 3.05) is 6.54 Å². The molecular weight excluding hydrogens is 334 g/mol. The van der Waals surface area contributed by atoms with Crippen molar-refractivity contribution < 1.29 is 13.6 Å². The summed E-state index contributed by atoms with van der Waals surface area (Å²) in [4.78, 5) is 12.2. The average molecular weight is 353 g/mol. The molecule has 3 rings (SSSR count). The minimum Gasteiger partial charge on any atom is -0.354 e. The lowest BCUT2D eigenvalue weighted by molar-refractivity contribution is -0.123. The van der Waals surface area contributed by atoms with Crippen LogP contribution in [0.2, 0.25) is 0 Å². The van der Waals surface area contributed by atoms with Gasteiger partial charge in [0.1, 0.15) is 11.6 Å². The molecule has 1 aliphatic rings. The Kier molecular flexibility index (Phi) is 6.29. The van der Waals surface area contributed by atoms with Crippen LogP contribution in [0.4, 0.5) is 8.78 Å². The number of halogens is 3. The van der Waals surface area contributed by atoms with Crippen molar-refractivity contribution in [2.24, 2.45) is 0 Å². The van der Waals surface area contributed by atoms with E-state index in [1.165, 1.54) is 23.3 Å². The summed E-state index contributed by atoms with van der Waals surface area (Å²) >= 11 is 0. The van der Waals surface area contributed by atoms with Gasteiger partial charge in [0, 0.05) is 19.2 Å². The van der Waals surface area contributed by atoms with Crippen molar-refractivity contribution in [3.8, 4) is 0 Å². The van der Waals surface area contributed by atoms with Gasteiger partial charge in [-0.2, -0.15) is 0 Å². The number of hydrogen-bond acceptors (Lipinski definition) is 2. The van der Waals surface area contributed by atoms with E-state index >= 15 is 0 Å². The molecule has 1 aliphatic heterocycles. The van der Waals surface area contributed by atoms with Gasteiger partial charge >= 0.3 is 0 Å². The molecule has 2 aromatic rings. The van der Waals surface area contributed by atoms with Crippen LogP contribution in [-0.2, 0) is 24.2 Å². The van der Waals surface area contributed by atoms with Crippen LogP contribution >= 0.6 is 12.4 Å². The van der Waals surface area contributed by atoms with Crippen molar-refractivity contribution in [3.63, 3.8) is 0 Å². The summed E-state index contributed by atoms with van der Waals surface area (Å²) < 4.78 is 26.2. The SMILES string of the molecule is Cl.O=C(NCCc1cc(F)cc(F)c1)C1Cc2ccccc2CN1. The normalized spacial score (nSPS) is 16.0. The predicted molar refractivity (Wildman–Crippen MR) is 91.1 cm³/mol. The number of benzene rings is 2. The van der Waals surface area contributed by atoms with Gasteiger partial charge in [-0.25, -0.2) is 8.78 Å². The maximum absolute atomic E-state index is 13.1. The van der Waals surface area contributed by atoms with E-state index in [0.717, 1.165) is 6.07 Å². The van der Waals surface area contributed by atoms with Gasteiger partial charge in [0.15, 0.2) is 0 Å². The van der Waals surface area contributed by atoms with Crippen LogP contribution in [0.25, 0.3) is 0 Å². The summed E-state index contributed by atoms with van der Waals surface area (Å²) in [5.74, 6) is -1.29. The Morgan fingerprint density at radius 2 is 1.79 bits per heavy atom. The number of amides is 1. The van der Waals surface area contributed by atoms with Gasteiger partial charge in [0.2, 0.25) is 5.91 Å². The molecule has 0 saturated heterocycles. The third-order valence-electron chi connectivity index (χ3n) is 4.03. The molecule has 1 atom stereocenters. The molecule has 0 aromatic heterocycles. The zero-order chi connectivity index (χ0) is 16.2. The number of carbonyl (C=O) groups is 1. The van der Waals surface area contributed by atoms with E-state index < -0.39 is 11.6 Å². The first-order valence-electron chi connectivity index (χ1n) is 7.64. The molecule has 0 radical (unpaired) electrons. The molecule has 2 aromatic carbocycles. The van der Waals surface area contributed by atoms with E-state index in [9.17, 15) is 13.6 Å². The van der Waals surface area contributed by atoms with E-state index in [0.29, 0.717) is 31.5 Å². The van der Waals surface area contributed by atoms with Crippen LogP contribution in [0.5, 0.6) is 0 Å². The number of hydrogen-bond donors (Lipinski definition) is 2. The molecule has 0 bridgehead atoms. The molecule has 1 amide bonds. The fraction of sp³-hybridized carbons (Fsp3) is 0.278. The first-order valence-corrected chi connectivity index (χ1v) is 7.64. The quantitative estimate of drug-likeness (QED) is 0.888. The Hall–Kier alpha value is -1.98. The Morgan fingerprint density at radius 3 is 2.50 bits per heavy atom. The number of nitrogens with one attached hydrogen (secondary N) is 2. The van der Waals surface area contributed by atoms with Gasteiger partial charge in [-0.3, -0.25) is 4.79 Å². The summed E-state index contributed by atoms with van der Waals surface area (Å²) in [6.07, 6.45) is 1.04. The van der Waals surface area contributed by atoms with Crippen LogP contribution in [-0.4, -0.2) is 18.5 Å². The molecule has 0 saturated carbocycles. The maximum Gasteiger partial charge on any atom is 0.237 e. The fourth-order valence-electron chi connectivity index (χ4n) is 2.85. The van der Waals surface area contributed by atoms with E-state index in [4.69, 9.17) is 0 Å². The zero-order valence-corrected chi connectivity index (χ0v) is 13.8. The molecular formula is C18H19ClF2N2O. The second-order valence-electron chi connectivity index (χ2n) is 5.73. The summed E-state index contributed by atoms with van der Waals surface area (Å²) in [6.45, 7) is 1.02. The van der Waals surface area contributed by atoms with Crippen molar-refractivity contribution in [2.45, 2.75) is 25.4 Å². The van der Waals surface area contributed by atoms with Crippen LogP contribution in [0.15, 0.2) is 42.5 Å². The second kappa shape index (κ2) is 8.22. The highest BCUT2D eigenvalue weighted by Crippen LogP contribution is 2.16. The Labute approximate surface area is 145 Å². The van der Waals surface area contributed by atoms with Gasteiger partial charge in [-0.1, -0.05) is 24.3 Å². The second-order valence-corrected chi connectivity index (χ2v) is 5.73. The summed E-state index contributed by atoms with van der Waals surface area (Å²) in [5.41, 5.74) is 2.93. The lowest BCUT2D eigenvalue weighted by Crippen LogP contribution is -2.48. The Bertz CT molecular complexity index is 704. The molecule has 128 valence electrons. The van der Waals surface area contributed by atoms with Crippen molar-refractivity contribution >= 4 is 18.3 Å². The molecule has 1 unspecified atom stereocenters. The molecule has 0 fully saturated rings. The predicted octanol–water partition coefficient (Wildman–Crippen LogP) is 2.76. The summed E-state index contributed by atoms with van der Waals surface area (Å²) in [6, 6.07) is 11.2. The van der Waals surface area contributed by atoms with Gasteiger partial charge in [-0.15, -0.1) is 12.4 Å². The highest BCUT2D eigenvalue weighted by Gasteiger charge is 2.23. The van der Waals surface area contributed by atoms with Crippen LogP contribution in [0, 0.1) is 11.6 Å². The third-order valence-corrected chi connectivity index (χ3v) is 4.03. The number of fused-ring (bicyclic) bond motifs is 1. The smallest absolute Gasteiger partial charge is 0.237 e. The maximum atomic E-state index is 13.1. The van der Waals surface area contributed by atoms with Gasteiger partial charge in [-0.05, 0) is 41.7 Å². The van der Waals surface area contributed by atoms with Crippen LogP contribution in [0.3, 0.4) is 0 Å². The Balaban J connectivity index is 0.00000208. The van der Waals surface area contributed by atoms with Gasteiger partial charge in [0.25, 0.3) is 0 Å². The average Bonchev–Trinajstić information content (AvgIpc) is 2.53. The highest BCUT2D eigenvalue weighted by molar-refractivity contribution is 5.85. The van der Waals surface area contributed by atoms with Gasteiger partial charge in [0.05, 0.1) is 6.04 Å². The van der Waals surface area contributed by atoms with Gasteiger partial charge < -0.3 is 10.6 Å². The molecule has 6 heteroatoms. The minimum absolute atomic E-state index is 0. The monoisotopic (exact) mass is 352 g/mol. The molecule has 3 nitrogen and oxygen atoms in total. The minimum atomic E-state index is -0.600. The molecule has 2 N–H and O–H groups in total. The summed E-state index contributed by atoms with van der Waals surface area (Å²) in [5, 5.41) is 6.03. The first-order chi connectivity index (χ1) is 11.1. The zero-order valence-electron chi connectivity index (χ0n) is 13.0. The number of carbonyl (C=O) groups excluding carboxylic acids is 1. The van der Waals surface area contributed by atoms with Crippen molar-refractivity contribution in [1.29, 1.82) is 0 Å². The molecule has 0 aliphatic carbocycles. The van der Waals surface area contributed by atoms with E-state index in [1.54, 1.807) is 0 Å². The van der Waals surface area contributed by atoms with E-state index in [2.05, 4.69) is 16.7 Å². The molecule has 24 heavy (non-hydrogen) atoms. The standard InChI is InChI=1S/C18H18F2N2O.ClH/c19-15-7-12(8-16(20)10-15)5-6-21-18(23)17-9-13-3-1-2-4-14(13)11-22-17;/h1-4,7-8,10,17,22H,5-6,9,11H2,(H,21,23);1H. The fourth-order valence-corrected chi connectivity index (χ4v) is 2.85. The van der Waals surface area contributed by atoms with E-state index in [1.807, 2.05) is 18.2 Å². The summed E-state index contributed by atoms with van der Waals surface area (Å²) in [7, 11) is 0. The Morgan fingerprint density at radius 1 is 1.12 bits per heavy atom. The topological polar surface area (TPSA) is 41.1 Å². The van der Waals surface area contributed by atoms with Crippen LogP contribution in [0.1, 0.15) is 16.7 Å². The largest absolute Gasteiger partial charge is 0.354 e. The van der Waals surface area contributed by atoms with Crippen LogP contribution < -0.4 is 10.6 Å². The lowest BCUT2D eigenvalue weighted by Gasteiger charge is -2.25. The molecule has 1 heterocycles. The van der Waals surface area contributed by atoms with Crippen molar-refractivity contribution in [3.05, 3.63) is 70.8 Å². The number of rotatable bonds is 4. The van der Waals surface area contributed by atoms with Crippen molar-refractivity contribution in [1.82, 2.24) is 10.6 Å². The highest BCUT2D eigenvalue weighted by atomic mass is 35.5. The third kappa shape index (κ3) is 4.52. The molecule has 0 spiro atoms.